The maximum atomic E-state index is 12.9. The largest absolute Gasteiger partial charge is 0.294 e. The van der Waals surface area contributed by atoms with Crippen LogP contribution < -0.4 is 4.90 Å². The number of fused-ring (bicyclic) bond motifs is 1. The number of carbonyl (C=O) groups excluding carboxylic acids is 3. The summed E-state index contributed by atoms with van der Waals surface area (Å²) in [6, 6.07) is 14.3. The van der Waals surface area contributed by atoms with Crippen LogP contribution in [0.3, 0.4) is 0 Å². The Bertz CT molecular complexity index is 840. The fourth-order valence-corrected chi connectivity index (χ4v) is 3.27. The van der Waals surface area contributed by atoms with Gasteiger partial charge in [0.05, 0.1) is 11.1 Å². The molecule has 0 aromatic heterocycles. The number of nitrogens with zero attached hydrogens (tertiary/aromatic N) is 2. The van der Waals surface area contributed by atoms with E-state index in [2.05, 4.69) is 6.92 Å². The van der Waals surface area contributed by atoms with E-state index in [1.54, 1.807) is 29.2 Å². The molecule has 27 heavy (non-hydrogen) atoms. The van der Waals surface area contributed by atoms with Gasteiger partial charge in [0, 0.05) is 12.1 Å². The van der Waals surface area contributed by atoms with E-state index in [4.69, 9.17) is 0 Å². The van der Waals surface area contributed by atoms with E-state index in [0.717, 1.165) is 29.7 Å². The molecule has 0 fully saturated rings. The van der Waals surface area contributed by atoms with Crippen LogP contribution in [0.15, 0.2) is 48.5 Å². The summed E-state index contributed by atoms with van der Waals surface area (Å²) < 4.78 is 0. The Morgan fingerprint density at radius 2 is 1.63 bits per heavy atom. The molecule has 3 amide bonds. The summed E-state index contributed by atoms with van der Waals surface area (Å²) in [6.45, 7) is 3.97. The SMILES string of the molecule is CCCCCC(=O)N(CN1C(=O)c2ccccc2C1=O)c1cccc(C)c1. The van der Waals surface area contributed by atoms with Crippen LogP contribution >= 0.6 is 0 Å². The first kappa shape index (κ1) is 18.8. The molecule has 0 saturated heterocycles. The number of anilines is 1. The summed E-state index contributed by atoms with van der Waals surface area (Å²) in [5.41, 5.74) is 2.50. The topological polar surface area (TPSA) is 57.7 Å². The predicted octanol–water partition coefficient (Wildman–Crippen LogP) is 4.16. The Morgan fingerprint density at radius 3 is 2.22 bits per heavy atom. The number of benzene rings is 2. The molecule has 2 aromatic rings. The van der Waals surface area contributed by atoms with Gasteiger partial charge in [0.1, 0.15) is 6.67 Å². The zero-order chi connectivity index (χ0) is 19.4. The van der Waals surface area contributed by atoms with Gasteiger partial charge in [0.15, 0.2) is 0 Å². The van der Waals surface area contributed by atoms with Crippen LogP contribution in [0.25, 0.3) is 0 Å². The highest BCUT2D eigenvalue weighted by Gasteiger charge is 2.37. The number of hydrogen-bond donors (Lipinski definition) is 0. The molecule has 5 heteroatoms. The molecule has 0 aliphatic carbocycles. The zero-order valence-corrected chi connectivity index (χ0v) is 15.8. The predicted molar refractivity (Wildman–Crippen MR) is 105 cm³/mol. The number of carbonyl (C=O) groups is 3. The van der Waals surface area contributed by atoms with Gasteiger partial charge < -0.3 is 0 Å². The molecule has 0 bridgehead atoms. The van der Waals surface area contributed by atoms with Gasteiger partial charge in [-0.05, 0) is 43.2 Å². The molecular weight excluding hydrogens is 340 g/mol. The Morgan fingerprint density at radius 1 is 0.963 bits per heavy atom. The average molecular weight is 364 g/mol. The van der Waals surface area contributed by atoms with Crippen molar-refractivity contribution in [1.29, 1.82) is 0 Å². The second kappa shape index (κ2) is 8.16. The van der Waals surface area contributed by atoms with Gasteiger partial charge in [-0.15, -0.1) is 0 Å². The number of amides is 3. The molecule has 140 valence electrons. The third-order valence-corrected chi connectivity index (χ3v) is 4.77. The Labute approximate surface area is 159 Å². The lowest BCUT2D eigenvalue weighted by molar-refractivity contribution is -0.119. The lowest BCUT2D eigenvalue weighted by atomic mass is 10.1. The Kier molecular flexibility index (Phi) is 5.69. The van der Waals surface area contributed by atoms with Crippen LogP contribution in [0.2, 0.25) is 0 Å². The van der Waals surface area contributed by atoms with Crippen molar-refractivity contribution < 1.29 is 14.4 Å². The fraction of sp³-hybridized carbons (Fsp3) is 0.318. The Hall–Kier alpha value is -2.95. The lowest BCUT2D eigenvalue weighted by Crippen LogP contribution is -2.44. The first-order chi connectivity index (χ1) is 13.0. The van der Waals surface area contributed by atoms with Crippen molar-refractivity contribution in [2.45, 2.75) is 39.5 Å². The van der Waals surface area contributed by atoms with E-state index in [0.29, 0.717) is 23.2 Å². The lowest BCUT2D eigenvalue weighted by Gasteiger charge is -2.27. The van der Waals surface area contributed by atoms with Gasteiger partial charge in [0.2, 0.25) is 5.91 Å². The van der Waals surface area contributed by atoms with Crippen LogP contribution in [-0.2, 0) is 4.79 Å². The molecule has 1 aliphatic heterocycles. The van der Waals surface area contributed by atoms with E-state index >= 15 is 0 Å². The maximum absolute atomic E-state index is 12.9. The van der Waals surface area contributed by atoms with Crippen molar-refractivity contribution in [3.05, 3.63) is 65.2 Å². The minimum Gasteiger partial charge on any atom is -0.294 e. The van der Waals surface area contributed by atoms with E-state index in [9.17, 15) is 14.4 Å². The van der Waals surface area contributed by atoms with Gasteiger partial charge in [-0.1, -0.05) is 44.0 Å². The Balaban J connectivity index is 1.87. The number of aryl methyl sites for hydroxylation is 1. The second-order valence-corrected chi connectivity index (χ2v) is 6.84. The van der Waals surface area contributed by atoms with Gasteiger partial charge in [0.25, 0.3) is 11.8 Å². The second-order valence-electron chi connectivity index (χ2n) is 6.84. The van der Waals surface area contributed by atoms with Gasteiger partial charge in [-0.3, -0.25) is 24.2 Å². The van der Waals surface area contributed by atoms with E-state index in [1.807, 2.05) is 31.2 Å². The monoisotopic (exact) mass is 364 g/mol. The quantitative estimate of drug-likeness (QED) is 0.547. The number of unbranched alkanes of at least 4 members (excludes halogenated alkanes) is 2. The standard InChI is InChI=1S/C22H24N2O3/c1-3-4-5-13-20(25)23(17-10-8-9-16(2)14-17)15-24-21(26)18-11-6-7-12-19(18)22(24)27/h6-12,14H,3-5,13,15H2,1-2H3. The summed E-state index contributed by atoms with van der Waals surface area (Å²) >= 11 is 0. The fourth-order valence-electron chi connectivity index (χ4n) is 3.27. The van der Waals surface area contributed by atoms with Crippen LogP contribution in [0.5, 0.6) is 0 Å². The molecule has 0 radical (unpaired) electrons. The molecule has 2 aromatic carbocycles. The normalized spacial score (nSPS) is 13.0. The molecular formula is C22H24N2O3. The molecule has 0 saturated carbocycles. The minimum atomic E-state index is -0.352. The van der Waals surface area contributed by atoms with Crippen molar-refractivity contribution >= 4 is 23.4 Å². The average Bonchev–Trinajstić information content (AvgIpc) is 2.91. The third-order valence-electron chi connectivity index (χ3n) is 4.77. The number of rotatable bonds is 7. The van der Waals surface area contributed by atoms with Crippen molar-refractivity contribution in [3.8, 4) is 0 Å². The summed E-state index contributed by atoms with van der Waals surface area (Å²) in [5, 5.41) is 0. The minimum absolute atomic E-state index is 0.0687. The van der Waals surface area contributed by atoms with E-state index in [-0.39, 0.29) is 24.4 Å². The maximum Gasteiger partial charge on any atom is 0.263 e. The van der Waals surface area contributed by atoms with Crippen molar-refractivity contribution in [2.24, 2.45) is 0 Å². The third kappa shape index (κ3) is 3.92. The highest BCUT2D eigenvalue weighted by Crippen LogP contribution is 2.25. The van der Waals surface area contributed by atoms with E-state index < -0.39 is 0 Å². The molecule has 0 spiro atoms. The number of hydrogen-bond acceptors (Lipinski definition) is 3. The van der Waals surface area contributed by atoms with Crippen LogP contribution in [0.4, 0.5) is 5.69 Å². The van der Waals surface area contributed by atoms with Crippen molar-refractivity contribution in [1.82, 2.24) is 4.90 Å². The van der Waals surface area contributed by atoms with E-state index in [1.165, 1.54) is 0 Å². The van der Waals surface area contributed by atoms with Gasteiger partial charge >= 0.3 is 0 Å². The summed E-state index contributed by atoms with van der Waals surface area (Å²) in [4.78, 5) is 41.0. The summed E-state index contributed by atoms with van der Waals surface area (Å²) in [7, 11) is 0. The molecule has 1 heterocycles. The van der Waals surface area contributed by atoms with Crippen LogP contribution in [0.1, 0.15) is 58.9 Å². The zero-order valence-electron chi connectivity index (χ0n) is 15.8. The molecule has 0 N–H and O–H groups in total. The molecule has 3 rings (SSSR count). The molecule has 5 nitrogen and oxygen atoms in total. The molecule has 0 atom stereocenters. The van der Waals surface area contributed by atoms with Gasteiger partial charge in [-0.2, -0.15) is 0 Å². The van der Waals surface area contributed by atoms with Gasteiger partial charge in [-0.25, -0.2) is 0 Å². The summed E-state index contributed by atoms with van der Waals surface area (Å²) in [5.74, 6) is -0.783. The smallest absolute Gasteiger partial charge is 0.263 e. The van der Waals surface area contributed by atoms with Crippen LogP contribution in [-0.4, -0.2) is 29.3 Å². The van der Waals surface area contributed by atoms with Crippen molar-refractivity contribution in [2.75, 3.05) is 11.6 Å². The van der Waals surface area contributed by atoms with Crippen molar-refractivity contribution in [3.63, 3.8) is 0 Å². The highest BCUT2D eigenvalue weighted by molar-refractivity contribution is 6.21. The summed E-state index contributed by atoms with van der Waals surface area (Å²) in [6.07, 6.45) is 3.18. The van der Waals surface area contributed by atoms with Crippen LogP contribution in [0, 0.1) is 6.92 Å². The first-order valence-electron chi connectivity index (χ1n) is 9.35. The highest BCUT2D eigenvalue weighted by atomic mass is 16.2. The number of imide groups is 1. The first-order valence-corrected chi connectivity index (χ1v) is 9.35. The molecule has 1 aliphatic rings. The molecule has 0 unspecified atom stereocenters.